The molecule has 34 heavy (non-hydrogen) atoms. The summed E-state index contributed by atoms with van der Waals surface area (Å²) in [5.74, 6) is 0.203. The number of rotatable bonds is 4. The van der Waals surface area contributed by atoms with Gasteiger partial charge in [-0.05, 0) is 50.5 Å². The van der Waals surface area contributed by atoms with Crippen LogP contribution in [-0.4, -0.2) is 42.8 Å². The molecule has 2 aliphatic heterocycles. The predicted molar refractivity (Wildman–Crippen MR) is 136 cm³/mol. The fourth-order valence-corrected chi connectivity index (χ4v) is 6.78. The summed E-state index contributed by atoms with van der Waals surface area (Å²) in [5, 5.41) is 2.60. The molecule has 0 radical (unpaired) electrons. The molecule has 4 atom stereocenters. The third-order valence-corrected chi connectivity index (χ3v) is 8.45. The SMILES string of the molecule is CC1(C)O[C@@H]2[C@H](O1)[C@H](CCc1ccc3cc(Cl)c(N)nc3c1)S[C@H]2n1ccc2c(N)ncnc21. The van der Waals surface area contributed by atoms with Crippen molar-refractivity contribution in [1.82, 2.24) is 19.5 Å². The molecule has 0 unspecified atom stereocenters. The number of hydrogen-bond donors (Lipinski definition) is 2. The number of anilines is 2. The average Bonchev–Trinajstić information content (AvgIpc) is 3.45. The van der Waals surface area contributed by atoms with Crippen molar-refractivity contribution in [3.8, 4) is 0 Å². The van der Waals surface area contributed by atoms with Gasteiger partial charge >= 0.3 is 0 Å². The van der Waals surface area contributed by atoms with Gasteiger partial charge < -0.3 is 25.5 Å². The number of nitrogens with zero attached hydrogens (tertiary/aromatic N) is 4. The monoisotopic (exact) mass is 496 g/mol. The summed E-state index contributed by atoms with van der Waals surface area (Å²) in [6, 6.07) is 10.1. The second-order valence-electron chi connectivity index (χ2n) is 9.27. The predicted octanol–water partition coefficient (Wildman–Crippen LogP) is 4.56. The third-order valence-electron chi connectivity index (χ3n) is 6.52. The molecule has 4 aromatic rings. The lowest BCUT2D eigenvalue weighted by Crippen LogP contribution is -2.29. The Kier molecular flexibility index (Phi) is 5.14. The standard InChI is InChI=1S/C24H25ClN6O2S/c1-24(2)32-18-17(6-4-12-3-5-13-10-15(25)21(27)30-16(13)9-12)34-23(19(18)33-24)31-8-7-14-20(26)28-11-29-22(14)31/h3,5,7-11,17-19,23H,4,6H2,1-2H3,(H2,27,30)(H2,26,28,29)/t17-,18+,19+,23+/m0/s1. The molecule has 5 heterocycles. The molecule has 10 heteroatoms. The summed E-state index contributed by atoms with van der Waals surface area (Å²) in [7, 11) is 0. The van der Waals surface area contributed by atoms with Crippen molar-refractivity contribution in [2.45, 2.75) is 55.3 Å². The van der Waals surface area contributed by atoms with Crippen LogP contribution in [-0.2, 0) is 15.9 Å². The number of nitrogens with two attached hydrogens (primary N) is 2. The maximum absolute atomic E-state index is 6.38. The first-order valence-corrected chi connectivity index (χ1v) is 12.5. The quantitative estimate of drug-likeness (QED) is 0.422. The maximum atomic E-state index is 6.38. The van der Waals surface area contributed by atoms with Crippen LogP contribution in [0.1, 0.15) is 31.2 Å². The van der Waals surface area contributed by atoms with Gasteiger partial charge in [-0.2, -0.15) is 0 Å². The van der Waals surface area contributed by atoms with Crippen molar-refractivity contribution in [3.05, 3.63) is 53.4 Å². The Bertz CT molecular complexity index is 1410. The molecule has 0 amide bonds. The average molecular weight is 497 g/mol. The number of benzene rings is 1. The molecule has 8 nitrogen and oxygen atoms in total. The normalized spacial score (nSPS) is 25.9. The van der Waals surface area contributed by atoms with Gasteiger partial charge in [-0.3, -0.25) is 0 Å². The minimum absolute atomic E-state index is 0.0188. The summed E-state index contributed by atoms with van der Waals surface area (Å²) >= 11 is 7.99. The lowest BCUT2D eigenvalue weighted by molar-refractivity contribution is -0.148. The number of fused-ring (bicyclic) bond motifs is 3. The summed E-state index contributed by atoms with van der Waals surface area (Å²) in [4.78, 5) is 13.1. The van der Waals surface area contributed by atoms with Gasteiger partial charge in [0.1, 0.15) is 41.2 Å². The van der Waals surface area contributed by atoms with Crippen molar-refractivity contribution >= 4 is 56.9 Å². The third kappa shape index (κ3) is 3.67. The molecular weight excluding hydrogens is 472 g/mol. The number of hydrogen-bond acceptors (Lipinski definition) is 8. The van der Waals surface area contributed by atoms with Gasteiger partial charge in [0.2, 0.25) is 0 Å². The molecule has 2 aliphatic rings. The van der Waals surface area contributed by atoms with Crippen LogP contribution in [0.5, 0.6) is 0 Å². The highest BCUT2D eigenvalue weighted by Gasteiger charge is 2.55. The minimum atomic E-state index is -0.632. The van der Waals surface area contributed by atoms with Gasteiger partial charge in [0.15, 0.2) is 5.79 Å². The number of thioether (sulfide) groups is 1. The lowest BCUT2D eigenvalue weighted by Gasteiger charge is -2.24. The molecule has 2 saturated heterocycles. The zero-order valence-corrected chi connectivity index (χ0v) is 20.4. The molecule has 176 valence electrons. The topological polar surface area (TPSA) is 114 Å². The molecule has 0 bridgehead atoms. The lowest BCUT2D eigenvalue weighted by atomic mass is 10.0. The number of nitrogen functional groups attached to an aromatic ring is 2. The first-order valence-electron chi connectivity index (χ1n) is 11.2. The van der Waals surface area contributed by atoms with Crippen LogP contribution in [0.2, 0.25) is 5.02 Å². The number of aryl methyl sites for hydroxylation is 1. The molecule has 0 spiro atoms. The van der Waals surface area contributed by atoms with Crippen molar-refractivity contribution in [1.29, 1.82) is 0 Å². The van der Waals surface area contributed by atoms with E-state index in [0.29, 0.717) is 16.7 Å². The van der Waals surface area contributed by atoms with E-state index in [1.54, 1.807) is 0 Å². The number of pyridine rings is 1. The Balaban J connectivity index is 1.27. The van der Waals surface area contributed by atoms with Gasteiger partial charge in [0.25, 0.3) is 0 Å². The van der Waals surface area contributed by atoms with E-state index in [0.717, 1.165) is 34.8 Å². The Hall–Kier alpha value is -2.59. The summed E-state index contributed by atoms with van der Waals surface area (Å²) < 4.78 is 14.9. The Morgan fingerprint density at radius 1 is 1.09 bits per heavy atom. The van der Waals surface area contributed by atoms with Crippen LogP contribution in [0.15, 0.2) is 42.9 Å². The Labute approximate surface area is 206 Å². The minimum Gasteiger partial charge on any atom is -0.383 e. The van der Waals surface area contributed by atoms with Gasteiger partial charge in [-0.25, -0.2) is 15.0 Å². The second kappa shape index (κ2) is 7.98. The highest BCUT2D eigenvalue weighted by molar-refractivity contribution is 8.00. The Morgan fingerprint density at radius 2 is 1.91 bits per heavy atom. The molecule has 3 aromatic heterocycles. The largest absolute Gasteiger partial charge is 0.383 e. The van der Waals surface area contributed by atoms with Crippen molar-refractivity contribution in [2.24, 2.45) is 0 Å². The molecule has 1 aromatic carbocycles. The molecule has 4 N–H and O–H groups in total. The van der Waals surface area contributed by atoms with Crippen LogP contribution in [0.25, 0.3) is 21.9 Å². The number of aromatic nitrogens is 4. The zero-order valence-electron chi connectivity index (χ0n) is 18.8. The van der Waals surface area contributed by atoms with Crippen LogP contribution in [0.4, 0.5) is 11.6 Å². The molecule has 6 rings (SSSR count). The smallest absolute Gasteiger partial charge is 0.163 e. The Morgan fingerprint density at radius 3 is 2.76 bits per heavy atom. The second-order valence-corrected chi connectivity index (χ2v) is 11.0. The van der Waals surface area contributed by atoms with Crippen LogP contribution in [0.3, 0.4) is 0 Å². The van der Waals surface area contributed by atoms with Crippen molar-refractivity contribution in [2.75, 3.05) is 11.5 Å². The van der Waals surface area contributed by atoms with Crippen molar-refractivity contribution < 1.29 is 9.47 Å². The van der Waals surface area contributed by atoms with Crippen LogP contribution < -0.4 is 11.5 Å². The van der Waals surface area contributed by atoms with E-state index < -0.39 is 5.79 Å². The van der Waals surface area contributed by atoms with Crippen molar-refractivity contribution in [3.63, 3.8) is 0 Å². The first kappa shape index (κ1) is 21.9. The fourth-order valence-electron chi connectivity index (χ4n) is 4.98. The van der Waals surface area contributed by atoms with Gasteiger partial charge in [0.05, 0.1) is 15.9 Å². The number of halogens is 1. The number of ether oxygens (including phenoxy) is 2. The van der Waals surface area contributed by atoms with E-state index in [1.807, 2.05) is 50.0 Å². The summed E-state index contributed by atoms with van der Waals surface area (Å²) in [6.45, 7) is 3.95. The van der Waals surface area contributed by atoms with E-state index >= 15 is 0 Å². The molecular formula is C24H25ClN6O2S. The van der Waals surface area contributed by atoms with Crippen LogP contribution >= 0.6 is 23.4 Å². The van der Waals surface area contributed by atoms with E-state index in [9.17, 15) is 0 Å². The van der Waals surface area contributed by atoms with Gasteiger partial charge in [-0.1, -0.05) is 23.7 Å². The van der Waals surface area contributed by atoms with E-state index in [4.69, 9.17) is 32.5 Å². The van der Waals surface area contributed by atoms with Gasteiger partial charge in [0, 0.05) is 16.8 Å². The zero-order chi connectivity index (χ0) is 23.6. The molecule has 0 saturated carbocycles. The maximum Gasteiger partial charge on any atom is 0.163 e. The van der Waals surface area contributed by atoms with Gasteiger partial charge in [-0.15, -0.1) is 11.8 Å². The van der Waals surface area contributed by atoms with E-state index in [2.05, 4.69) is 31.7 Å². The van der Waals surface area contributed by atoms with E-state index in [1.165, 1.54) is 11.9 Å². The molecule has 2 fully saturated rings. The first-order chi connectivity index (χ1) is 16.3. The fraction of sp³-hybridized carbons (Fsp3) is 0.375. The summed E-state index contributed by atoms with van der Waals surface area (Å²) in [5.41, 5.74) is 14.8. The van der Waals surface area contributed by atoms with E-state index in [-0.39, 0.29) is 22.8 Å². The summed E-state index contributed by atoms with van der Waals surface area (Å²) in [6.07, 6.45) is 5.25. The highest BCUT2D eigenvalue weighted by Crippen LogP contribution is 2.52. The van der Waals surface area contributed by atoms with Crippen LogP contribution in [0, 0.1) is 0 Å². The highest BCUT2D eigenvalue weighted by atomic mass is 35.5. The molecule has 0 aliphatic carbocycles.